The molecule has 17 heavy (non-hydrogen) atoms. The maximum absolute atomic E-state index is 5.97. The molecule has 2 aromatic heterocycles. The SMILES string of the molecule is CC(N)C(OCc1cccs1)c1ccncc1. The van der Waals surface area contributed by atoms with Crippen LogP contribution in [0.4, 0.5) is 0 Å². The number of hydrogen-bond donors (Lipinski definition) is 1. The number of hydrogen-bond acceptors (Lipinski definition) is 4. The van der Waals surface area contributed by atoms with Gasteiger partial charge in [-0.3, -0.25) is 4.98 Å². The molecule has 0 aliphatic heterocycles. The summed E-state index contributed by atoms with van der Waals surface area (Å²) < 4.78 is 5.89. The van der Waals surface area contributed by atoms with E-state index < -0.39 is 0 Å². The Balaban J connectivity index is 2.03. The Hall–Kier alpha value is -1.23. The Morgan fingerprint density at radius 1 is 1.35 bits per heavy atom. The molecule has 2 N–H and O–H groups in total. The summed E-state index contributed by atoms with van der Waals surface area (Å²) in [6.07, 6.45) is 3.44. The fourth-order valence-electron chi connectivity index (χ4n) is 1.67. The molecular formula is C13H16N2OS. The summed E-state index contributed by atoms with van der Waals surface area (Å²) in [5.74, 6) is 0. The highest BCUT2D eigenvalue weighted by molar-refractivity contribution is 7.09. The molecule has 0 bridgehead atoms. The largest absolute Gasteiger partial charge is 0.366 e. The summed E-state index contributed by atoms with van der Waals surface area (Å²) in [5.41, 5.74) is 7.04. The molecule has 0 fully saturated rings. The molecule has 2 heterocycles. The number of thiophene rings is 1. The molecule has 2 atom stereocenters. The number of nitrogens with zero attached hydrogens (tertiary/aromatic N) is 1. The van der Waals surface area contributed by atoms with Gasteiger partial charge in [-0.15, -0.1) is 11.3 Å². The summed E-state index contributed by atoms with van der Waals surface area (Å²) in [7, 11) is 0. The zero-order valence-electron chi connectivity index (χ0n) is 9.74. The predicted molar refractivity (Wildman–Crippen MR) is 69.7 cm³/mol. The Bertz CT molecular complexity index is 428. The average Bonchev–Trinajstić information content (AvgIpc) is 2.83. The van der Waals surface area contributed by atoms with Crippen LogP contribution >= 0.6 is 11.3 Å². The normalized spacial score (nSPS) is 14.5. The molecule has 0 saturated heterocycles. The van der Waals surface area contributed by atoms with Gasteiger partial charge in [0, 0.05) is 23.3 Å². The van der Waals surface area contributed by atoms with Crippen molar-refractivity contribution in [3.8, 4) is 0 Å². The van der Waals surface area contributed by atoms with Crippen LogP contribution in [0.3, 0.4) is 0 Å². The van der Waals surface area contributed by atoms with Crippen molar-refractivity contribution >= 4 is 11.3 Å². The number of nitrogens with two attached hydrogens (primary N) is 1. The Morgan fingerprint density at radius 3 is 2.71 bits per heavy atom. The first-order chi connectivity index (χ1) is 8.27. The molecule has 0 radical (unpaired) electrons. The third-order valence-corrected chi connectivity index (χ3v) is 3.35. The molecule has 0 spiro atoms. The lowest BCUT2D eigenvalue weighted by molar-refractivity contribution is 0.0273. The molecule has 0 aromatic carbocycles. The van der Waals surface area contributed by atoms with E-state index in [0.717, 1.165) is 5.56 Å². The highest BCUT2D eigenvalue weighted by Gasteiger charge is 2.16. The molecule has 3 nitrogen and oxygen atoms in total. The highest BCUT2D eigenvalue weighted by Crippen LogP contribution is 2.22. The third-order valence-electron chi connectivity index (χ3n) is 2.50. The van der Waals surface area contributed by atoms with Crippen molar-refractivity contribution in [1.29, 1.82) is 0 Å². The van der Waals surface area contributed by atoms with E-state index in [4.69, 9.17) is 10.5 Å². The minimum Gasteiger partial charge on any atom is -0.366 e. The molecule has 2 unspecified atom stereocenters. The monoisotopic (exact) mass is 248 g/mol. The van der Waals surface area contributed by atoms with Crippen LogP contribution in [0.5, 0.6) is 0 Å². The van der Waals surface area contributed by atoms with Gasteiger partial charge in [-0.1, -0.05) is 6.07 Å². The van der Waals surface area contributed by atoms with Gasteiger partial charge in [0.2, 0.25) is 0 Å². The van der Waals surface area contributed by atoms with Crippen LogP contribution in [0.1, 0.15) is 23.5 Å². The summed E-state index contributed by atoms with van der Waals surface area (Å²) in [6.45, 7) is 2.56. The summed E-state index contributed by atoms with van der Waals surface area (Å²) in [6, 6.07) is 7.94. The predicted octanol–water partition coefficient (Wildman–Crippen LogP) is 2.75. The topological polar surface area (TPSA) is 48.1 Å². The maximum atomic E-state index is 5.97. The molecule has 0 amide bonds. The lowest BCUT2D eigenvalue weighted by Crippen LogP contribution is -2.26. The molecule has 90 valence electrons. The fraction of sp³-hybridized carbons (Fsp3) is 0.308. The minimum absolute atomic E-state index is 0.0441. The maximum Gasteiger partial charge on any atom is 0.0979 e. The lowest BCUT2D eigenvalue weighted by atomic mass is 10.1. The molecule has 2 rings (SSSR count). The standard InChI is InChI=1S/C13H16N2OS/c1-10(14)13(11-4-6-15-7-5-11)16-9-12-3-2-8-17-12/h2-8,10,13H,9,14H2,1H3. The molecular weight excluding hydrogens is 232 g/mol. The first-order valence-corrected chi connectivity index (χ1v) is 6.45. The third kappa shape index (κ3) is 3.36. The van der Waals surface area contributed by atoms with E-state index in [1.165, 1.54) is 4.88 Å². The van der Waals surface area contributed by atoms with Crippen LogP contribution in [0.15, 0.2) is 42.0 Å². The van der Waals surface area contributed by atoms with Gasteiger partial charge in [0.25, 0.3) is 0 Å². The van der Waals surface area contributed by atoms with Crippen molar-refractivity contribution in [2.75, 3.05) is 0 Å². The van der Waals surface area contributed by atoms with Gasteiger partial charge in [-0.2, -0.15) is 0 Å². The Labute approximate surface area is 105 Å². The first kappa shape index (κ1) is 12.2. The van der Waals surface area contributed by atoms with Crippen molar-refractivity contribution in [2.45, 2.75) is 25.7 Å². The van der Waals surface area contributed by atoms with Gasteiger partial charge < -0.3 is 10.5 Å². The van der Waals surface area contributed by atoms with Gasteiger partial charge in [0.1, 0.15) is 0 Å². The van der Waals surface area contributed by atoms with E-state index >= 15 is 0 Å². The van der Waals surface area contributed by atoms with Crippen LogP contribution in [0.25, 0.3) is 0 Å². The zero-order chi connectivity index (χ0) is 12.1. The van der Waals surface area contributed by atoms with E-state index in [9.17, 15) is 0 Å². The molecule has 4 heteroatoms. The lowest BCUT2D eigenvalue weighted by Gasteiger charge is -2.21. The highest BCUT2D eigenvalue weighted by atomic mass is 32.1. The molecule has 0 saturated carbocycles. The van der Waals surface area contributed by atoms with E-state index in [2.05, 4.69) is 11.1 Å². The summed E-state index contributed by atoms with van der Waals surface area (Å²) in [5, 5.41) is 2.05. The number of ether oxygens (including phenoxy) is 1. The van der Waals surface area contributed by atoms with Gasteiger partial charge in [-0.25, -0.2) is 0 Å². The number of rotatable bonds is 5. The fourth-order valence-corrected chi connectivity index (χ4v) is 2.30. The second-order valence-electron chi connectivity index (χ2n) is 3.95. The van der Waals surface area contributed by atoms with Gasteiger partial charge in [0.05, 0.1) is 12.7 Å². The molecule has 0 aliphatic carbocycles. The molecule has 0 aliphatic rings. The van der Waals surface area contributed by atoms with Crippen molar-refractivity contribution < 1.29 is 4.74 Å². The van der Waals surface area contributed by atoms with Gasteiger partial charge in [0.15, 0.2) is 0 Å². The molecule has 2 aromatic rings. The number of pyridine rings is 1. The van der Waals surface area contributed by atoms with Crippen LogP contribution < -0.4 is 5.73 Å². The van der Waals surface area contributed by atoms with Crippen LogP contribution in [0, 0.1) is 0 Å². The van der Waals surface area contributed by atoms with Crippen LogP contribution in [-0.4, -0.2) is 11.0 Å². The summed E-state index contributed by atoms with van der Waals surface area (Å²) in [4.78, 5) is 5.22. The minimum atomic E-state index is -0.0832. The number of aromatic nitrogens is 1. The first-order valence-electron chi connectivity index (χ1n) is 5.57. The quantitative estimate of drug-likeness (QED) is 0.885. The average molecular weight is 248 g/mol. The van der Waals surface area contributed by atoms with Crippen LogP contribution in [-0.2, 0) is 11.3 Å². The van der Waals surface area contributed by atoms with Crippen LogP contribution in [0.2, 0.25) is 0 Å². The second-order valence-corrected chi connectivity index (χ2v) is 4.98. The second kappa shape index (κ2) is 5.91. The van der Waals surface area contributed by atoms with E-state index in [1.807, 2.05) is 30.5 Å². The Morgan fingerprint density at radius 2 is 2.12 bits per heavy atom. The van der Waals surface area contributed by atoms with E-state index in [-0.39, 0.29) is 12.1 Å². The van der Waals surface area contributed by atoms with Crippen molar-refractivity contribution in [3.63, 3.8) is 0 Å². The van der Waals surface area contributed by atoms with Gasteiger partial charge in [-0.05, 0) is 36.1 Å². The van der Waals surface area contributed by atoms with Crippen molar-refractivity contribution in [3.05, 3.63) is 52.5 Å². The smallest absolute Gasteiger partial charge is 0.0979 e. The van der Waals surface area contributed by atoms with E-state index in [1.54, 1.807) is 23.7 Å². The Kier molecular flexibility index (Phi) is 4.25. The van der Waals surface area contributed by atoms with E-state index in [0.29, 0.717) is 6.61 Å². The summed E-state index contributed by atoms with van der Waals surface area (Å²) >= 11 is 1.69. The zero-order valence-corrected chi connectivity index (χ0v) is 10.6. The van der Waals surface area contributed by atoms with Gasteiger partial charge >= 0.3 is 0 Å². The van der Waals surface area contributed by atoms with Crippen molar-refractivity contribution in [2.24, 2.45) is 5.73 Å². The van der Waals surface area contributed by atoms with Crippen molar-refractivity contribution in [1.82, 2.24) is 4.98 Å².